The van der Waals surface area contributed by atoms with Gasteiger partial charge in [-0.3, -0.25) is 9.59 Å². The number of anilines is 1. The minimum absolute atomic E-state index is 0.147. The van der Waals surface area contributed by atoms with E-state index in [4.69, 9.17) is 5.10 Å². The molecule has 0 fully saturated rings. The zero-order valence-corrected chi connectivity index (χ0v) is 16.1. The number of amides is 2. The van der Waals surface area contributed by atoms with Crippen LogP contribution in [0.25, 0.3) is 22.3 Å². The first-order valence-corrected chi connectivity index (χ1v) is 8.72. The van der Waals surface area contributed by atoms with Crippen LogP contribution in [-0.4, -0.2) is 31.6 Å². The van der Waals surface area contributed by atoms with Crippen LogP contribution in [0.5, 0.6) is 0 Å². The molecular weight excluding hydrogens is 354 g/mol. The van der Waals surface area contributed by atoms with Crippen LogP contribution < -0.4 is 4.90 Å². The Balaban J connectivity index is 2.44. The van der Waals surface area contributed by atoms with Gasteiger partial charge in [-0.15, -0.1) is 0 Å². The number of rotatable bonds is 4. The molecule has 0 N–H and O–H groups in total. The van der Waals surface area contributed by atoms with Gasteiger partial charge in [0.05, 0.1) is 10.9 Å². The largest absolute Gasteiger partial charge is 0.269 e. The molecule has 2 aromatic heterocycles. The third kappa shape index (κ3) is 3.22. The average Bonchev–Trinajstić information content (AvgIpc) is 3.09. The monoisotopic (exact) mass is 375 g/mol. The van der Waals surface area contributed by atoms with Gasteiger partial charge in [-0.05, 0) is 32.9 Å². The first-order valence-electron chi connectivity index (χ1n) is 8.72. The molecule has 0 saturated carbocycles. The van der Waals surface area contributed by atoms with E-state index in [2.05, 4.69) is 23.1 Å². The number of nitrogens with zero attached hydrogens (tertiary/aromatic N) is 5. The molecule has 0 unspecified atom stereocenters. The molecule has 3 aromatic rings. The second-order valence-electron chi connectivity index (χ2n) is 7.11. The van der Waals surface area contributed by atoms with Gasteiger partial charge in [0.2, 0.25) is 0 Å². The van der Waals surface area contributed by atoms with Crippen molar-refractivity contribution in [3.05, 3.63) is 62.0 Å². The first-order chi connectivity index (χ1) is 13.3. The minimum atomic E-state index is -0.604. The maximum Gasteiger partial charge on any atom is 0.258 e. The summed E-state index contributed by atoms with van der Waals surface area (Å²) in [7, 11) is 0. The molecule has 0 bridgehead atoms. The summed E-state index contributed by atoms with van der Waals surface area (Å²) < 4.78 is 1.77. The lowest BCUT2D eigenvalue weighted by atomic mass is 10.1. The fourth-order valence-electron chi connectivity index (χ4n) is 2.87. The Bertz CT molecular complexity index is 1060. The fraction of sp³-hybridized carbons (Fsp3) is 0.190. The van der Waals surface area contributed by atoms with E-state index in [1.807, 2.05) is 51.1 Å². The molecule has 2 amide bonds. The number of hydrogen-bond donors (Lipinski definition) is 0. The molecule has 28 heavy (non-hydrogen) atoms. The first kappa shape index (κ1) is 19.2. The summed E-state index contributed by atoms with van der Waals surface area (Å²) in [4.78, 5) is 34.5. The van der Waals surface area contributed by atoms with Crippen molar-refractivity contribution in [2.45, 2.75) is 26.3 Å². The number of hydrogen-bond acceptors (Lipinski definition) is 5. The average molecular weight is 375 g/mol. The molecule has 1 aromatic carbocycles. The van der Waals surface area contributed by atoms with Gasteiger partial charge in [-0.2, -0.15) is 5.10 Å². The number of fused-ring (bicyclic) bond motifs is 1. The normalized spacial score (nSPS) is 11.2. The third-order valence-corrected chi connectivity index (χ3v) is 4.13. The quantitative estimate of drug-likeness (QED) is 0.652. The Labute approximate surface area is 163 Å². The van der Waals surface area contributed by atoms with Crippen molar-refractivity contribution in [3.8, 4) is 11.3 Å². The van der Waals surface area contributed by atoms with Crippen molar-refractivity contribution < 1.29 is 9.59 Å². The van der Waals surface area contributed by atoms with Gasteiger partial charge in [0.15, 0.2) is 11.5 Å². The highest BCUT2D eigenvalue weighted by Gasteiger charge is 2.29. The van der Waals surface area contributed by atoms with E-state index < -0.39 is 11.8 Å². The molecule has 0 aliphatic heterocycles. The smallest absolute Gasteiger partial charge is 0.258 e. The lowest BCUT2D eigenvalue weighted by Crippen LogP contribution is -2.35. The molecule has 0 atom stereocenters. The summed E-state index contributed by atoms with van der Waals surface area (Å²) in [6.45, 7) is 13.0. The van der Waals surface area contributed by atoms with E-state index in [0.29, 0.717) is 16.7 Å². The maximum atomic E-state index is 12.5. The Kier molecular flexibility index (Phi) is 4.92. The molecular formula is C21H21N5O2. The highest BCUT2D eigenvalue weighted by molar-refractivity contribution is 6.24. The Morgan fingerprint density at radius 1 is 1.04 bits per heavy atom. The summed E-state index contributed by atoms with van der Waals surface area (Å²) in [5.74, 6) is -1.06. The zero-order valence-electron chi connectivity index (χ0n) is 16.1. The van der Waals surface area contributed by atoms with Crippen LogP contribution in [-0.2, 0) is 15.1 Å². The van der Waals surface area contributed by atoms with E-state index in [0.717, 1.165) is 22.6 Å². The van der Waals surface area contributed by atoms with E-state index >= 15 is 0 Å². The summed E-state index contributed by atoms with van der Waals surface area (Å²) >= 11 is 0. The molecule has 0 radical (unpaired) electrons. The molecule has 0 aliphatic rings. The van der Waals surface area contributed by atoms with Crippen LogP contribution in [0.1, 0.15) is 20.8 Å². The van der Waals surface area contributed by atoms with Crippen LogP contribution in [0.3, 0.4) is 0 Å². The van der Waals surface area contributed by atoms with Crippen molar-refractivity contribution in [2.24, 2.45) is 0 Å². The highest BCUT2D eigenvalue weighted by atomic mass is 16.2. The number of aromatic nitrogens is 4. The van der Waals surface area contributed by atoms with Crippen molar-refractivity contribution in [3.63, 3.8) is 0 Å². The lowest BCUT2D eigenvalue weighted by Gasteiger charge is -2.20. The maximum absolute atomic E-state index is 12.5. The number of carbonyl (C=O) groups excluding carboxylic acids is 2. The fourth-order valence-corrected chi connectivity index (χ4v) is 2.87. The second-order valence-corrected chi connectivity index (χ2v) is 7.11. The van der Waals surface area contributed by atoms with Crippen LogP contribution in [0.4, 0.5) is 5.82 Å². The Morgan fingerprint density at radius 3 is 2.18 bits per heavy atom. The molecule has 7 heteroatoms. The lowest BCUT2D eigenvalue weighted by molar-refractivity contribution is -0.121. The molecule has 3 rings (SSSR count). The summed E-state index contributed by atoms with van der Waals surface area (Å²) in [6, 6.07) is 9.49. The van der Waals surface area contributed by atoms with Crippen molar-refractivity contribution in [1.29, 1.82) is 0 Å². The number of carbonyl (C=O) groups is 2. The van der Waals surface area contributed by atoms with Gasteiger partial charge in [0.25, 0.3) is 11.8 Å². The van der Waals surface area contributed by atoms with Crippen molar-refractivity contribution in [1.82, 2.24) is 19.7 Å². The molecule has 0 spiro atoms. The number of benzene rings is 1. The van der Waals surface area contributed by atoms with E-state index in [1.165, 1.54) is 6.33 Å². The van der Waals surface area contributed by atoms with Gasteiger partial charge < -0.3 is 0 Å². The van der Waals surface area contributed by atoms with Crippen molar-refractivity contribution >= 4 is 28.7 Å². The summed E-state index contributed by atoms with van der Waals surface area (Å²) in [6.07, 6.45) is 3.44. The summed E-state index contributed by atoms with van der Waals surface area (Å²) in [5.41, 5.74) is 1.55. The van der Waals surface area contributed by atoms with E-state index in [9.17, 15) is 9.59 Å². The van der Waals surface area contributed by atoms with E-state index in [-0.39, 0.29) is 11.4 Å². The van der Waals surface area contributed by atoms with Gasteiger partial charge in [0, 0.05) is 5.56 Å². The van der Waals surface area contributed by atoms with Crippen LogP contribution in [0.15, 0.2) is 62.0 Å². The molecule has 7 nitrogen and oxygen atoms in total. The molecule has 142 valence electrons. The minimum Gasteiger partial charge on any atom is -0.269 e. The standard InChI is InChI=1S/C21H21N5O2/c1-6-15(27)25(16(28)7-2)19-17-18(14-11-9-8-10-12-14)24-26(21(3,4)5)20(17)23-13-22-19/h6-13H,1-2H2,3-5H3. The summed E-state index contributed by atoms with van der Waals surface area (Å²) in [5, 5.41) is 5.27. The van der Waals surface area contributed by atoms with E-state index in [1.54, 1.807) is 4.68 Å². The van der Waals surface area contributed by atoms with Crippen LogP contribution in [0, 0.1) is 0 Å². The SMILES string of the molecule is C=CC(=O)N(C(=O)C=C)c1ncnc2c1c(-c1ccccc1)nn2C(C)(C)C. The molecule has 0 aliphatic carbocycles. The Hall–Kier alpha value is -3.61. The predicted molar refractivity (Wildman–Crippen MR) is 109 cm³/mol. The van der Waals surface area contributed by atoms with Crippen molar-refractivity contribution in [2.75, 3.05) is 4.90 Å². The topological polar surface area (TPSA) is 81.0 Å². The predicted octanol–water partition coefficient (Wildman–Crippen LogP) is 3.48. The Morgan fingerprint density at radius 2 is 1.64 bits per heavy atom. The molecule has 2 heterocycles. The van der Waals surface area contributed by atoms with Gasteiger partial charge in [-0.1, -0.05) is 43.5 Å². The third-order valence-electron chi connectivity index (χ3n) is 4.13. The van der Waals surface area contributed by atoms with Crippen LogP contribution in [0.2, 0.25) is 0 Å². The van der Waals surface area contributed by atoms with Gasteiger partial charge in [0.1, 0.15) is 12.0 Å². The highest BCUT2D eigenvalue weighted by Crippen LogP contribution is 2.35. The van der Waals surface area contributed by atoms with Gasteiger partial charge >= 0.3 is 0 Å². The second kappa shape index (κ2) is 7.19. The number of imide groups is 1. The van der Waals surface area contributed by atoms with Gasteiger partial charge in [-0.25, -0.2) is 19.5 Å². The van der Waals surface area contributed by atoms with Crippen LogP contribution >= 0.6 is 0 Å². The zero-order chi connectivity index (χ0) is 20.5. The molecule has 0 saturated heterocycles.